The van der Waals surface area contributed by atoms with Gasteiger partial charge in [-0.05, 0) is 27.7 Å². The Kier molecular flexibility index (Phi) is 3.90. The highest BCUT2D eigenvalue weighted by atomic mass is 32.2. The quantitative estimate of drug-likeness (QED) is 0.906. The standard InChI is InChI=1S/C12H19NO4S/c1-6-18(16,17)11-10(14)8(4)9(5)13(7(2)3)12(11)15/h7,14H,6H2,1-5H3. The third-order valence-corrected chi connectivity index (χ3v) is 4.84. The lowest BCUT2D eigenvalue weighted by atomic mass is 10.2. The predicted molar refractivity (Wildman–Crippen MR) is 70.0 cm³/mol. The highest BCUT2D eigenvalue weighted by Gasteiger charge is 2.26. The molecule has 102 valence electrons. The van der Waals surface area contributed by atoms with Crippen LogP contribution in [0.4, 0.5) is 0 Å². The number of nitrogens with zero attached hydrogens (tertiary/aromatic N) is 1. The van der Waals surface area contributed by atoms with E-state index in [1.54, 1.807) is 27.7 Å². The molecule has 0 fully saturated rings. The molecule has 0 aliphatic carbocycles. The van der Waals surface area contributed by atoms with Crippen LogP contribution in [-0.2, 0) is 9.84 Å². The fraction of sp³-hybridized carbons (Fsp3) is 0.583. The van der Waals surface area contributed by atoms with Crippen LogP contribution < -0.4 is 5.56 Å². The molecule has 0 aliphatic heterocycles. The van der Waals surface area contributed by atoms with Gasteiger partial charge < -0.3 is 9.67 Å². The number of aromatic hydroxyl groups is 1. The van der Waals surface area contributed by atoms with Crippen LogP contribution in [0.2, 0.25) is 0 Å². The summed E-state index contributed by atoms with van der Waals surface area (Å²) in [6.07, 6.45) is 0. The second-order valence-corrected chi connectivity index (χ2v) is 6.78. The summed E-state index contributed by atoms with van der Waals surface area (Å²) in [6.45, 7) is 8.35. The Hall–Kier alpha value is -1.30. The molecule has 0 atom stereocenters. The normalized spacial score (nSPS) is 12.1. The summed E-state index contributed by atoms with van der Waals surface area (Å²) in [5.41, 5.74) is 0.366. The molecule has 0 unspecified atom stereocenters. The van der Waals surface area contributed by atoms with Gasteiger partial charge in [0.05, 0.1) is 5.75 Å². The van der Waals surface area contributed by atoms with E-state index in [4.69, 9.17) is 0 Å². The van der Waals surface area contributed by atoms with Gasteiger partial charge in [0.15, 0.2) is 14.7 Å². The number of rotatable bonds is 3. The zero-order valence-corrected chi connectivity index (χ0v) is 12.1. The molecule has 0 saturated heterocycles. The molecule has 18 heavy (non-hydrogen) atoms. The maximum Gasteiger partial charge on any atom is 0.273 e. The van der Waals surface area contributed by atoms with Crippen molar-refractivity contribution < 1.29 is 13.5 Å². The molecule has 0 saturated carbocycles. The van der Waals surface area contributed by atoms with Crippen molar-refractivity contribution in [3.63, 3.8) is 0 Å². The fourth-order valence-corrected chi connectivity index (χ4v) is 3.03. The SMILES string of the molecule is CCS(=O)(=O)c1c(O)c(C)c(C)n(C(C)C)c1=O. The molecule has 6 heteroatoms. The zero-order chi connectivity index (χ0) is 14.2. The van der Waals surface area contributed by atoms with Crippen molar-refractivity contribution in [1.82, 2.24) is 4.57 Å². The lowest BCUT2D eigenvalue weighted by Gasteiger charge is -2.19. The van der Waals surface area contributed by atoms with Crippen LogP contribution in [0.25, 0.3) is 0 Å². The summed E-state index contributed by atoms with van der Waals surface area (Å²) in [5, 5.41) is 9.94. The summed E-state index contributed by atoms with van der Waals surface area (Å²) in [6, 6.07) is -0.164. The molecule has 1 heterocycles. The molecule has 0 aliphatic rings. The zero-order valence-electron chi connectivity index (χ0n) is 11.3. The Labute approximate surface area is 107 Å². The summed E-state index contributed by atoms with van der Waals surface area (Å²) in [7, 11) is -3.74. The molecular formula is C12H19NO4S. The molecule has 0 bridgehead atoms. The van der Waals surface area contributed by atoms with Crippen molar-refractivity contribution in [2.45, 2.75) is 45.6 Å². The monoisotopic (exact) mass is 273 g/mol. The van der Waals surface area contributed by atoms with Gasteiger partial charge in [-0.3, -0.25) is 4.79 Å². The number of hydrogen-bond donors (Lipinski definition) is 1. The number of sulfone groups is 1. The van der Waals surface area contributed by atoms with Crippen LogP contribution in [0.5, 0.6) is 5.75 Å². The smallest absolute Gasteiger partial charge is 0.273 e. The van der Waals surface area contributed by atoms with Crippen LogP contribution in [0.15, 0.2) is 9.69 Å². The third-order valence-electron chi connectivity index (χ3n) is 3.09. The lowest BCUT2D eigenvalue weighted by Crippen LogP contribution is -2.30. The third kappa shape index (κ3) is 2.16. The van der Waals surface area contributed by atoms with Crippen molar-refractivity contribution in [2.75, 3.05) is 5.75 Å². The van der Waals surface area contributed by atoms with Gasteiger partial charge in [-0.25, -0.2) is 8.42 Å². The van der Waals surface area contributed by atoms with Crippen molar-refractivity contribution in [3.05, 3.63) is 21.6 Å². The van der Waals surface area contributed by atoms with Crippen LogP contribution in [0.1, 0.15) is 38.1 Å². The van der Waals surface area contributed by atoms with E-state index in [0.717, 1.165) is 0 Å². The predicted octanol–water partition coefficient (Wildman–Crippen LogP) is 1.55. The molecule has 0 spiro atoms. The minimum absolute atomic E-state index is 0.164. The van der Waals surface area contributed by atoms with Gasteiger partial charge in [-0.1, -0.05) is 6.92 Å². The van der Waals surface area contributed by atoms with Crippen LogP contribution in [0, 0.1) is 13.8 Å². The average Bonchev–Trinajstić information content (AvgIpc) is 2.25. The molecule has 1 rings (SSSR count). The molecule has 1 aromatic rings. The lowest BCUT2D eigenvalue weighted by molar-refractivity contribution is 0.438. The van der Waals surface area contributed by atoms with Gasteiger partial charge in [0, 0.05) is 17.3 Å². The van der Waals surface area contributed by atoms with Gasteiger partial charge in [-0.15, -0.1) is 0 Å². The van der Waals surface area contributed by atoms with Crippen molar-refractivity contribution in [2.24, 2.45) is 0 Å². The number of pyridine rings is 1. The molecule has 0 amide bonds. The molecule has 0 aromatic carbocycles. The minimum Gasteiger partial charge on any atom is -0.506 e. The molecule has 1 aromatic heterocycles. The summed E-state index contributed by atoms with van der Waals surface area (Å²) in [4.78, 5) is 11.7. The van der Waals surface area contributed by atoms with E-state index in [2.05, 4.69) is 0 Å². The van der Waals surface area contributed by atoms with Gasteiger partial charge in [0.2, 0.25) is 0 Å². The number of hydrogen-bond acceptors (Lipinski definition) is 4. The second kappa shape index (κ2) is 4.76. The van der Waals surface area contributed by atoms with Crippen LogP contribution in [0.3, 0.4) is 0 Å². The number of aromatic nitrogens is 1. The Balaban J connectivity index is 3.92. The van der Waals surface area contributed by atoms with Crippen LogP contribution in [-0.4, -0.2) is 23.8 Å². The molecule has 1 N–H and O–H groups in total. The highest BCUT2D eigenvalue weighted by Crippen LogP contribution is 2.27. The Morgan fingerprint density at radius 2 is 1.78 bits per heavy atom. The Morgan fingerprint density at radius 3 is 2.17 bits per heavy atom. The average molecular weight is 273 g/mol. The molecular weight excluding hydrogens is 254 g/mol. The first-order valence-corrected chi connectivity index (χ1v) is 7.47. The second-order valence-electron chi connectivity index (χ2n) is 4.56. The maximum atomic E-state index is 12.2. The first-order chi connectivity index (χ1) is 8.15. The first-order valence-electron chi connectivity index (χ1n) is 5.82. The maximum absolute atomic E-state index is 12.2. The molecule has 5 nitrogen and oxygen atoms in total. The van der Waals surface area contributed by atoms with Crippen molar-refractivity contribution in [3.8, 4) is 5.75 Å². The van der Waals surface area contributed by atoms with Gasteiger partial charge >= 0.3 is 0 Å². The first kappa shape index (κ1) is 14.8. The van der Waals surface area contributed by atoms with Crippen molar-refractivity contribution in [1.29, 1.82) is 0 Å². The van der Waals surface area contributed by atoms with E-state index >= 15 is 0 Å². The minimum atomic E-state index is -3.74. The summed E-state index contributed by atoms with van der Waals surface area (Å²) >= 11 is 0. The summed E-state index contributed by atoms with van der Waals surface area (Å²) < 4.78 is 25.2. The van der Waals surface area contributed by atoms with Gasteiger partial charge in [0.1, 0.15) is 5.75 Å². The van der Waals surface area contributed by atoms with Crippen LogP contribution >= 0.6 is 0 Å². The Morgan fingerprint density at radius 1 is 1.28 bits per heavy atom. The van der Waals surface area contributed by atoms with E-state index in [1.165, 1.54) is 11.5 Å². The largest absolute Gasteiger partial charge is 0.506 e. The fourth-order valence-electron chi connectivity index (χ4n) is 1.93. The highest BCUT2D eigenvalue weighted by molar-refractivity contribution is 7.91. The van der Waals surface area contributed by atoms with E-state index in [0.29, 0.717) is 11.3 Å². The topological polar surface area (TPSA) is 76.4 Å². The van der Waals surface area contributed by atoms with Gasteiger partial charge in [0.25, 0.3) is 5.56 Å². The van der Waals surface area contributed by atoms with E-state index in [-0.39, 0.29) is 11.8 Å². The van der Waals surface area contributed by atoms with E-state index < -0.39 is 26.0 Å². The molecule has 0 radical (unpaired) electrons. The van der Waals surface area contributed by atoms with Crippen molar-refractivity contribution >= 4 is 9.84 Å². The van der Waals surface area contributed by atoms with E-state index in [9.17, 15) is 18.3 Å². The van der Waals surface area contributed by atoms with E-state index in [1.807, 2.05) is 0 Å². The van der Waals surface area contributed by atoms with Gasteiger partial charge in [-0.2, -0.15) is 0 Å². The Bertz CT molecular complexity index is 626. The summed E-state index contributed by atoms with van der Waals surface area (Å²) in [5.74, 6) is -0.632.